The minimum atomic E-state index is -0.291. The van der Waals surface area contributed by atoms with Crippen molar-refractivity contribution in [3.05, 3.63) is 0 Å². The van der Waals surface area contributed by atoms with Crippen molar-refractivity contribution in [3.8, 4) is 0 Å². The van der Waals surface area contributed by atoms with Crippen LogP contribution in [-0.4, -0.2) is 10.7 Å². The van der Waals surface area contributed by atoms with E-state index >= 15 is 0 Å². The van der Waals surface area contributed by atoms with E-state index in [0.717, 1.165) is 19.3 Å². The molecule has 70 valence electrons. The Labute approximate surface area is 75.2 Å². The fourth-order valence-corrected chi connectivity index (χ4v) is 2.78. The topological polar surface area (TPSA) is 20.2 Å². The fourth-order valence-electron chi connectivity index (χ4n) is 2.78. The quantitative estimate of drug-likeness (QED) is 0.638. The van der Waals surface area contributed by atoms with Gasteiger partial charge in [-0.25, -0.2) is 0 Å². The molecular formula is C11H20O. The molecule has 0 amide bonds. The van der Waals surface area contributed by atoms with Gasteiger partial charge in [-0.2, -0.15) is 0 Å². The Balaban J connectivity index is 1.92. The molecule has 0 aliphatic heterocycles. The van der Waals surface area contributed by atoms with Crippen molar-refractivity contribution in [3.63, 3.8) is 0 Å². The summed E-state index contributed by atoms with van der Waals surface area (Å²) in [6.45, 7) is 2.11. The first-order valence-corrected chi connectivity index (χ1v) is 5.41. The maximum absolute atomic E-state index is 10.0. The Morgan fingerprint density at radius 2 is 1.58 bits per heavy atom. The monoisotopic (exact) mass is 168 g/mol. The van der Waals surface area contributed by atoms with Gasteiger partial charge in [0.25, 0.3) is 0 Å². The van der Waals surface area contributed by atoms with E-state index in [9.17, 15) is 5.11 Å². The Kier molecular flexibility index (Phi) is 1.95. The SMILES string of the molecule is CCC1(O)CCC2(CCC2)CC1. The lowest BCUT2D eigenvalue weighted by molar-refractivity contribution is -0.0602. The molecule has 0 saturated heterocycles. The lowest BCUT2D eigenvalue weighted by Gasteiger charge is -2.49. The average molecular weight is 168 g/mol. The Morgan fingerprint density at radius 1 is 1.00 bits per heavy atom. The van der Waals surface area contributed by atoms with Gasteiger partial charge in [0.05, 0.1) is 5.60 Å². The molecule has 2 aliphatic carbocycles. The van der Waals surface area contributed by atoms with Crippen molar-refractivity contribution >= 4 is 0 Å². The minimum absolute atomic E-state index is 0.291. The van der Waals surface area contributed by atoms with E-state index in [1.165, 1.54) is 32.1 Å². The van der Waals surface area contributed by atoms with Gasteiger partial charge in [0.15, 0.2) is 0 Å². The molecule has 0 heterocycles. The van der Waals surface area contributed by atoms with Crippen LogP contribution in [0.4, 0.5) is 0 Å². The summed E-state index contributed by atoms with van der Waals surface area (Å²) in [5, 5.41) is 10.0. The van der Waals surface area contributed by atoms with Crippen molar-refractivity contribution in [2.24, 2.45) is 5.41 Å². The van der Waals surface area contributed by atoms with Crippen molar-refractivity contribution in [2.45, 2.75) is 63.9 Å². The van der Waals surface area contributed by atoms with Gasteiger partial charge in [0, 0.05) is 0 Å². The highest BCUT2D eigenvalue weighted by molar-refractivity contribution is 4.96. The van der Waals surface area contributed by atoms with Crippen LogP contribution in [0.2, 0.25) is 0 Å². The first-order chi connectivity index (χ1) is 5.68. The molecule has 1 nitrogen and oxygen atoms in total. The second kappa shape index (κ2) is 2.73. The van der Waals surface area contributed by atoms with Gasteiger partial charge in [-0.05, 0) is 50.4 Å². The molecule has 2 aliphatic rings. The summed E-state index contributed by atoms with van der Waals surface area (Å²) in [7, 11) is 0. The average Bonchev–Trinajstić information content (AvgIpc) is 2.04. The molecule has 2 saturated carbocycles. The van der Waals surface area contributed by atoms with Crippen molar-refractivity contribution in [2.75, 3.05) is 0 Å². The molecule has 0 aromatic rings. The third-order valence-electron chi connectivity index (χ3n) is 4.31. The van der Waals surface area contributed by atoms with E-state index < -0.39 is 0 Å². The maximum Gasteiger partial charge on any atom is 0.0645 e. The van der Waals surface area contributed by atoms with Gasteiger partial charge in [-0.3, -0.25) is 0 Å². The van der Waals surface area contributed by atoms with Crippen LogP contribution in [0.3, 0.4) is 0 Å². The first kappa shape index (κ1) is 8.55. The Bertz CT molecular complexity index is 148. The van der Waals surface area contributed by atoms with Gasteiger partial charge in [0.1, 0.15) is 0 Å². The third-order valence-corrected chi connectivity index (χ3v) is 4.31. The highest BCUT2D eigenvalue weighted by Crippen LogP contribution is 2.53. The molecule has 2 rings (SSSR count). The molecular weight excluding hydrogens is 148 g/mol. The van der Waals surface area contributed by atoms with Crippen LogP contribution < -0.4 is 0 Å². The highest BCUT2D eigenvalue weighted by Gasteiger charge is 2.43. The molecule has 0 aromatic carbocycles. The molecule has 1 N–H and O–H groups in total. The van der Waals surface area contributed by atoms with Crippen LogP contribution in [0.25, 0.3) is 0 Å². The number of rotatable bonds is 1. The summed E-state index contributed by atoms with van der Waals surface area (Å²) in [5.74, 6) is 0. The normalized spacial score (nSPS) is 31.5. The van der Waals surface area contributed by atoms with E-state index in [4.69, 9.17) is 0 Å². The highest BCUT2D eigenvalue weighted by atomic mass is 16.3. The van der Waals surface area contributed by atoms with E-state index in [2.05, 4.69) is 6.92 Å². The molecule has 2 fully saturated rings. The van der Waals surface area contributed by atoms with Crippen molar-refractivity contribution < 1.29 is 5.11 Å². The Hall–Kier alpha value is -0.0400. The zero-order valence-electron chi connectivity index (χ0n) is 8.10. The lowest BCUT2D eigenvalue weighted by atomic mass is 9.58. The zero-order chi connectivity index (χ0) is 8.66. The van der Waals surface area contributed by atoms with E-state index in [0.29, 0.717) is 5.41 Å². The molecule has 0 radical (unpaired) electrons. The van der Waals surface area contributed by atoms with E-state index in [-0.39, 0.29) is 5.60 Å². The predicted octanol–water partition coefficient (Wildman–Crippen LogP) is 2.87. The second-order valence-electron chi connectivity index (χ2n) is 4.93. The molecule has 12 heavy (non-hydrogen) atoms. The zero-order valence-corrected chi connectivity index (χ0v) is 8.10. The van der Waals surface area contributed by atoms with Crippen LogP contribution in [0, 0.1) is 5.41 Å². The van der Waals surface area contributed by atoms with Crippen LogP contribution in [0.1, 0.15) is 58.3 Å². The third kappa shape index (κ3) is 1.28. The predicted molar refractivity (Wildman–Crippen MR) is 50.0 cm³/mol. The number of hydrogen-bond donors (Lipinski definition) is 1. The fraction of sp³-hybridized carbons (Fsp3) is 1.00. The largest absolute Gasteiger partial charge is 0.390 e. The first-order valence-electron chi connectivity index (χ1n) is 5.41. The van der Waals surface area contributed by atoms with Crippen LogP contribution >= 0.6 is 0 Å². The van der Waals surface area contributed by atoms with Gasteiger partial charge in [-0.15, -0.1) is 0 Å². The van der Waals surface area contributed by atoms with Crippen molar-refractivity contribution in [1.29, 1.82) is 0 Å². The summed E-state index contributed by atoms with van der Waals surface area (Å²) < 4.78 is 0. The van der Waals surface area contributed by atoms with E-state index in [1.807, 2.05) is 0 Å². The van der Waals surface area contributed by atoms with Crippen molar-refractivity contribution in [1.82, 2.24) is 0 Å². The van der Waals surface area contributed by atoms with Gasteiger partial charge < -0.3 is 5.11 Å². The number of aliphatic hydroxyl groups is 1. The molecule has 0 atom stereocenters. The Morgan fingerprint density at radius 3 is 1.92 bits per heavy atom. The van der Waals surface area contributed by atoms with Crippen LogP contribution in [0.15, 0.2) is 0 Å². The summed E-state index contributed by atoms with van der Waals surface area (Å²) >= 11 is 0. The molecule has 0 bridgehead atoms. The molecule has 0 unspecified atom stereocenters. The molecule has 1 heteroatoms. The summed E-state index contributed by atoms with van der Waals surface area (Å²) in [4.78, 5) is 0. The maximum atomic E-state index is 10.0. The second-order valence-corrected chi connectivity index (χ2v) is 4.93. The minimum Gasteiger partial charge on any atom is -0.390 e. The van der Waals surface area contributed by atoms with E-state index in [1.54, 1.807) is 0 Å². The summed E-state index contributed by atoms with van der Waals surface area (Å²) in [6.07, 6.45) is 9.95. The smallest absolute Gasteiger partial charge is 0.0645 e. The van der Waals surface area contributed by atoms with Crippen LogP contribution in [-0.2, 0) is 0 Å². The van der Waals surface area contributed by atoms with Gasteiger partial charge in [-0.1, -0.05) is 13.3 Å². The van der Waals surface area contributed by atoms with Gasteiger partial charge >= 0.3 is 0 Å². The summed E-state index contributed by atoms with van der Waals surface area (Å²) in [6, 6.07) is 0. The number of hydrogen-bond acceptors (Lipinski definition) is 1. The lowest BCUT2D eigenvalue weighted by Crippen LogP contribution is -2.41. The van der Waals surface area contributed by atoms with Crippen LogP contribution in [0.5, 0.6) is 0 Å². The standard InChI is InChI=1S/C11H20O/c1-2-11(12)8-6-10(7-9-11)4-3-5-10/h12H,2-9H2,1H3. The summed E-state index contributed by atoms with van der Waals surface area (Å²) in [5.41, 5.74) is 0.405. The molecule has 1 spiro atoms. The van der Waals surface area contributed by atoms with Gasteiger partial charge in [0.2, 0.25) is 0 Å². The molecule has 0 aromatic heterocycles.